The molecule has 3 atom stereocenters. The van der Waals surface area contributed by atoms with Gasteiger partial charge in [0.05, 0.1) is 0 Å². The quantitative estimate of drug-likeness (QED) is 0.493. The number of piperidine rings is 1. The largest absolute Gasteiger partial charge is 0.314 e. The maximum atomic E-state index is 3.37. The molecule has 3 fully saturated rings. The summed E-state index contributed by atoms with van der Waals surface area (Å²) in [5, 5.41) is 6.73. The first-order chi connectivity index (χ1) is 15.6. The number of nitrogens with one attached hydrogen (secondary N) is 2. The smallest absolute Gasteiger partial charge is 0.0110 e. The SMILES string of the molecule is C.C.CC(C)C(C)N1CCNCC1.CC(C)[C@@H](C)N1CCCCC1.CC(C)[C@H](C)N1CCNCC1. The minimum Gasteiger partial charge on any atom is -0.314 e. The number of likely N-dealkylation sites (tertiary alicyclic amines) is 1. The van der Waals surface area contributed by atoms with Crippen molar-refractivity contribution < 1.29 is 0 Å². The van der Waals surface area contributed by atoms with Crippen molar-refractivity contribution >= 4 is 0 Å². The van der Waals surface area contributed by atoms with E-state index in [4.69, 9.17) is 0 Å². The third-order valence-electron chi connectivity index (χ3n) is 8.32. The van der Waals surface area contributed by atoms with Gasteiger partial charge in [-0.1, -0.05) is 62.8 Å². The Bertz CT molecular complexity index is 383. The Labute approximate surface area is 223 Å². The molecule has 3 aliphatic rings. The van der Waals surface area contributed by atoms with Crippen molar-refractivity contribution in [3.05, 3.63) is 0 Å². The predicted octanol–water partition coefficient (Wildman–Crippen LogP) is 5.66. The second kappa shape index (κ2) is 20.8. The zero-order valence-electron chi connectivity index (χ0n) is 24.0. The Morgan fingerprint density at radius 3 is 0.914 bits per heavy atom. The molecular formula is C30H69N5. The molecule has 0 amide bonds. The number of hydrogen-bond acceptors (Lipinski definition) is 5. The molecule has 5 nitrogen and oxygen atoms in total. The summed E-state index contributed by atoms with van der Waals surface area (Å²) in [6.45, 7) is 33.1. The minimum atomic E-state index is 0. The van der Waals surface area contributed by atoms with E-state index in [1.54, 1.807) is 0 Å². The number of nitrogens with zero attached hydrogens (tertiary/aromatic N) is 3. The van der Waals surface area contributed by atoms with Gasteiger partial charge in [-0.2, -0.15) is 0 Å². The topological polar surface area (TPSA) is 33.8 Å². The predicted molar refractivity (Wildman–Crippen MR) is 161 cm³/mol. The van der Waals surface area contributed by atoms with Crippen LogP contribution in [-0.2, 0) is 0 Å². The Balaban J connectivity index is 0. The monoisotopic (exact) mass is 500 g/mol. The van der Waals surface area contributed by atoms with Crippen molar-refractivity contribution in [3.63, 3.8) is 0 Å². The van der Waals surface area contributed by atoms with E-state index in [0.29, 0.717) is 0 Å². The fourth-order valence-electron chi connectivity index (χ4n) is 4.77. The van der Waals surface area contributed by atoms with Crippen molar-refractivity contribution in [2.45, 2.75) is 115 Å². The molecule has 35 heavy (non-hydrogen) atoms. The molecule has 0 aromatic carbocycles. The van der Waals surface area contributed by atoms with Crippen LogP contribution in [0, 0.1) is 17.8 Å². The van der Waals surface area contributed by atoms with E-state index >= 15 is 0 Å². The molecule has 0 aromatic heterocycles. The van der Waals surface area contributed by atoms with Gasteiger partial charge in [0.2, 0.25) is 0 Å². The van der Waals surface area contributed by atoms with E-state index in [9.17, 15) is 0 Å². The lowest BCUT2D eigenvalue weighted by molar-refractivity contribution is 0.140. The number of rotatable bonds is 6. The van der Waals surface area contributed by atoms with Crippen molar-refractivity contribution in [2.75, 3.05) is 65.4 Å². The highest BCUT2D eigenvalue weighted by molar-refractivity contribution is 4.76. The van der Waals surface area contributed by atoms with Gasteiger partial charge in [0, 0.05) is 70.5 Å². The van der Waals surface area contributed by atoms with E-state index in [-0.39, 0.29) is 14.9 Å². The molecule has 3 rings (SSSR count). The van der Waals surface area contributed by atoms with Crippen molar-refractivity contribution in [1.29, 1.82) is 0 Å². The lowest BCUT2D eigenvalue weighted by atomic mass is 10.0. The van der Waals surface area contributed by atoms with Gasteiger partial charge in [0.15, 0.2) is 0 Å². The van der Waals surface area contributed by atoms with Gasteiger partial charge in [-0.05, 0) is 64.5 Å². The maximum Gasteiger partial charge on any atom is 0.0110 e. The molecule has 2 N–H and O–H groups in total. The Morgan fingerprint density at radius 2 is 0.657 bits per heavy atom. The lowest BCUT2D eigenvalue weighted by Gasteiger charge is -2.34. The molecule has 0 aromatic rings. The molecule has 0 radical (unpaired) electrons. The summed E-state index contributed by atoms with van der Waals surface area (Å²) in [6.07, 6.45) is 4.27. The van der Waals surface area contributed by atoms with Gasteiger partial charge in [-0.3, -0.25) is 9.80 Å². The van der Waals surface area contributed by atoms with Crippen LogP contribution in [0.4, 0.5) is 0 Å². The fraction of sp³-hybridized carbons (Fsp3) is 1.00. The molecule has 1 unspecified atom stereocenters. The van der Waals surface area contributed by atoms with E-state index in [0.717, 1.165) is 62.1 Å². The van der Waals surface area contributed by atoms with Crippen molar-refractivity contribution in [2.24, 2.45) is 17.8 Å². The minimum absolute atomic E-state index is 0. The second-order valence-electron chi connectivity index (χ2n) is 11.6. The fourth-order valence-corrected chi connectivity index (χ4v) is 4.77. The van der Waals surface area contributed by atoms with E-state index in [1.165, 1.54) is 58.5 Å². The maximum absolute atomic E-state index is 3.37. The summed E-state index contributed by atoms with van der Waals surface area (Å²) >= 11 is 0. The summed E-state index contributed by atoms with van der Waals surface area (Å²) in [5.41, 5.74) is 0. The van der Waals surface area contributed by atoms with Crippen LogP contribution < -0.4 is 10.6 Å². The average molecular weight is 500 g/mol. The van der Waals surface area contributed by atoms with E-state index in [2.05, 4.69) is 87.6 Å². The normalized spacial score (nSPS) is 22.6. The zero-order valence-corrected chi connectivity index (χ0v) is 24.0. The Morgan fingerprint density at radius 1 is 0.400 bits per heavy atom. The highest BCUT2D eigenvalue weighted by atomic mass is 15.2. The molecule has 5 heteroatoms. The Hall–Kier alpha value is -0.200. The highest BCUT2D eigenvalue weighted by Gasteiger charge is 2.20. The molecular weight excluding hydrogens is 430 g/mol. The van der Waals surface area contributed by atoms with Crippen LogP contribution >= 0.6 is 0 Å². The molecule has 3 heterocycles. The third-order valence-corrected chi connectivity index (χ3v) is 8.32. The average Bonchev–Trinajstić information content (AvgIpc) is 2.84. The summed E-state index contributed by atoms with van der Waals surface area (Å²) in [6, 6.07) is 2.28. The van der Waals surface area contributed by atoms with Gasteiger partial charge < -0.3 is 15.5 Å². The van der Waals surface area contributed by atoms with Crippen LogP contribution in [0.3, 0.4) is 0 Å². The number of hydrogen-bond donors (Lipinski definition) is 2. The first-order valence-corrected chi connectivity index (χ1v) is 14.3. The van der Waals surface area contributed by atoms with Crippen molar-refractivity contribution in [3.8, 4) is 0 Å². The first-order valence-electron chi connectivity index (χ1n) is 14.3. The highest BCUT2D eigenvalue weighted by Crippen LogP contribution is 2.16. The number of piperazine rings is 2. The molecule has 0 spiro atoms. The summed E-state index contributed by atoms with van der Waals surface area (Å²) in [5.74, 6) is 2.38. The second-order valence-corrected chi connectivity index (χ2v) is 11.6. The van der Waals surface area contributed by atoms with Gasteiger partial charge in [-0.25, -0.2) is 0 Å². The van der Waals surface area contributed by atoms with Crippen LogP contribution in [0.5, 0.6) is 0 Å². The van der Waals surface area contributed by atoms with Gasteiger partial charge >= 0.3 is 0 Å². The van der Waals surface area contributed by atoms with Gasteiger partial charge in [-0.15, -0.1) is 0 Å². The van der Waals surface area contributed by atoms with Crippen LogP contribution in [0.1, 0.15) is 96.4 Å². The first kappa shape index (κ1) is 37.0. The molecule has 0 saturated carbocycles. The molecule has 0 bridgehead atoms. The molecule has 214 valence electrons. The van der Waals surface area contributed by atoms with Crippen LogP contribution in [-0.4, -0.2) is 98.3 Å². The van der Waals surface area contributed by atoms with E-state index < -0.39 is 0 Å². The third kappa shape index (κ3) is 15.0. The lowest BCUT2D eigenvalue weighted by Crippen LogP contribution is -2.48. The summed E-state index contributed by atoms with van der Waals surface area (Å²) in [7, 11) is 0. The Kier molecular flexibility index (Phi) is 22.0. The van der Waals surface area contributed by atoms with Gasteiger partial charge in [0.25, 0.3) is 0 Å². The molecule has 3 saturated heterocycles. The summed E-state index contributed by atoms with van der Waals surface area (Å²) in [4.78, 5) is 7.77. The van der Waals surface area contributed by atoms with Gasteiger partial charge in [0.1, 0.15) is 0 Å². The van der Waals surface area contributed by atoms with Crippen LogP contribution in [0.25, 0.3) is 0 Å². The van der Waals surface area contributed by atoms with E-state index in [1.807, 2.05) is 0 Å². The molecule has 0 aliphatic carbocycles. The van der Waals surface area contributed by atoms with Crippen LogP contribution in [0.15, 0.2) is 0 Å². The summed E-state index contributed by atoms with van der Waals surface area (Å²) < 4.78 is 0. The van der Waals surface area contributed by atoms with Crippen LogP contribution in [0.2, 0.25) is 0 Å². The van der Waals surface area contributed by atoms with Crippen molar-refractivity contribution in [1.82, 2.24) is 25.3 Å². The standard InChI is InChI=1S/C10H21N.2C9H20N2.2CH4/c1-9(2)10(3)11-7-5-4-6-8-11;2*1-8(2)9(3)11-6-4-10-5-7-11;;/h9-10H,4-8H2,1-3H3;2*8-10H,4-7H2,1-3H3;2*1H4/t10-;9-;;;/m10.../s1. The molecule has 3 aliphatic heterocycles. The zero-order chi connectivity index (χ0) is 24.8.